The molecule has 100 valence electrons. The monoisotopic (exact) mass is 264 g/mol. The lowest BCUT2D eigenvalue weighted by Gasteiger charge is -2.08. The number of hydrogen-bond acceptors (Lipinski definition) is 0. The lowest BCUT2D eigenvalue weighted by molar-refractivity contribution is 0.587. The van der Waals surface area contributed by atoms with Crippen LogP contribution in [0.2, 0.25) is 0 Å². The van der Waals surface area contributed by atoms with Crippen molar-refractivity contribution in [1.29, 1.82) is 0 Å². The quantitative estimate of drug-likeness (QED) is 0.719. The zero-order chi connectivity index (χ0) is 13.8. The van der Waals surface area contributed by atoms with Gasteiger partial charge in [0.25, 0.3) is 0 Å². The Morgan fingerprint density at radius 3 is 2.16 bits per heavy atom. The van der Waals surface area contributed by atoms with E-state index in [2.05, 4.69) is 0 Å². The molecular weight excluding hydrogens is 249 g/mol. The molecular formula is C16H15F3. The SMILES string of the molecule is CCCCc1ccc(-c2c(F)cccc2F)cc1F. The summed E-state index contributed by atoms with van der Waals surface area (Å²) in [5.74, 6) is -1.77. The summed E-state index contributed by atoms with van der Waals surface area (Å²) in [7, 11) is 0. The van der Waals surface area contributed by atoms with Gasteiger partial charge in [0.05, 0.1) is 5.56 Å². The first-order valence-electron chi connectivity index (χ1n) is 6.36. The Balaban J connectivity index is 2.39. The first-order chi connectivity index (χ1) is 9.13. The molecule has 2 aromatic carbocycles. The van der Waals surface area contributed by atoms with Gasteiger partial charge in [0.1, 0.15) is 17.5 Å². The molecule has 0 nitrogen and oxygen atoms in total. The zero-order valence-electron chi connectivity index (χ0n) is 10.7. The molecule has 0 unspecified atom stereocenters. The Bertz CT molecular complexity index is 556. The predicted molar refractivity (Wildman–Crippen MR) is 70.4 cm³/mol. The van der Waals surface area contributed by atoms with Crippen LogP contribution in [0.15, 0.2) is 36.4 Å². The van der Waals surface area contributed by atoms with Gasteiger partial charge in [0.15, 0.2) is 0 Å². The van der Waals surface area contributed by atoms with Crippen molar-refractivity contribution in [2.45, 2.75) is 26.2 Å². The van der Waals surface area contributed by atoms with Gasteiger partial charge < -0.3 is 0 Å². The molecule has 0 spiro atoms. The standard InChI is InChI=1S/C16H15F3/c1-2-3-5-11-8-9-12(10-15(11)19)16-13(17)6-4-7-14(16)18/h4,6-10H,2-3,5H2,1H3. The molecule has 0 aliphatic carbocycles. The van der Waals surface area contributed by atoms with Crippen LogP contribution in [0.1, 0.15) is 25.3 Å². The third-order valence-corrected chi connectivity index (χ3v) is 3.10. The molecule has 3 heteroatoms. The minimum absolute atomic E-state index is 0.177. The first kappa shape index (κ1) is 13.7. The Kier molecular flexibility index (Phi) is 4.25. The summed E-state index contributed by atoms with van der Waals surface area (Å²) in [6.45, 7) is 2.03. The van der Waals surface area contributed by atoms with Crippen molar-refractivity contribution >= 4 is 0 Å². The topological polar surface area (TPSA) is 0 Å². The van der Waals surface area contributed by atoms with Gasteiger partial charge in [0.2, 0.25) is 0 Å². The largest absolute Gasteiger partial charge is 0.207 e. The van der Waals surface area contributed by atoms with E-state index in [1.807, 2.05) is 6.92 Å². The number of aryl methyl sites for hydroxylation is 1. The molecule has 0 radical (unpaired) electrons. The summed E-state index contributed by atoms with van der Waals surface area (Å²) in [4.78, 5) is 0. The maximum atomic E-state index is 13.9. The van der Waals surface area contributed by atoms with Crippen LogP contribution >= 0.6 is 0 Å². The molecule has 0 saturated carbocycles. The van der Waals surface area contributed by atoms with Gasteiger partial charge in [-0.2, -0.15) is 0 Å². The van der Waals surface area contributed by atoms with Crippen molar-refractivity contribution in [2.75, 3.05) is 0 Å². The van der Waals surface area contributed by atoms with Crippen molar-refractivity contribution in [3.8, 4) is 11.1 Å². The van der Waals surface area contributed by atoms with Crippen LogP contribution in [0.5, 0.6) is 0 Å². The fourth-order valence-corrected chi connectivity index (χ4v) is 2.05. The first-order valence-corrected chi connectivity index (χ1v) is 6.36. The highest BCUT2D eigenvalue weighted by atomic mass is 19.1. The molecule has 19 heavy (non-hydrogen) atoms. The summed E-state index contributed by atoms with van der Waals surface area (Å²) in [6, 6.07) is 8.00. The van der Waals surface area contributed by atoms with E-state index in [1.165, 1.54) is 24.3 Å². The molecule has 0 amide bonds. The number of halogens is 3. The lowest BCUT2D eigenvalue weighted by atomic mass is 10.0. The average molecular weight is 264 g/mol. The van der Waals surface area contributed by atoms with Crippen LogP contribution in [0.4, 0.5) is 13.2 Å². The molecule has 0 saturated heterocycles. The van der Waals surface area contributed by atoms with Gasteiger partial charge in [0, 0.05) is 0 Å². The second-order valence-corrected chi connectivity index (χ2v) is 4.51. The summed E-state index contributed by atoms with van der Waals surface area (Å²) in [6.07, 6.45) is 2.51. The molecule has 0 fully saturated rings. The molecule has 2 aromatic rings. The van der Waals surface area contributed by atoms with E-state index in [0.717, 1.165) is 12.8 Å². The lowest BCUT2D eigenvalue weighted by Crippen LogP contribution is -1.94. The van der Waals surface area contributed by atoms with Gasteiger partial charge in [-0.1, -0.05) is 31.5 Å². The van der Waals surface area contributed by atoms with Crippen molar-refractivity contribution in [2.24, 2.45) is 0 Å². The third kappa shape index (κ3) is 2.98. The fourth-order valence-electron chi connectivity index (χ4n) is 2.05. The summed E-state index contributed by atoms with van der Waals surface area (Å²) < 4.78 is 41.1. The van der Waals surface area contributed by atoms with E-state index >= 15 is 0 Å². The van der Waals surface area contributed by atoms with E-state index in [0.29, 0.717) is 12.0 Å². The van der Waals surface area contributed by atoms with E-state index < -0.39 is 17.5 Å². The molecule has 0 aliphatic heterocycles. The van der Waals surface area contributed by atoms with E-state index in [1.54, 1.807) is 12.1 Å². The molecule has 0 atom stereocenters. The normalized spacial score (nSPS) is 10.7. The number of hydrogen-bond donors (Lipinski definition) is 0. The predicted octanol–water partition coefficient (Wildman–Crippen LogP) is 5.11. The van der Waals surface area contributed by atoms with Crippen LogP contribution in [0.3, 0.4) is 0 Å². The van der Waals surface area contributed by atoms with Gasteiger partial charge >= 0.3 is 0 Å². The fraction of sp³-hybridized carbons (Fsp3) is 0.250. The second-order valence-electron chi connectivity index (χ2n) is 4.51. The zero-order valence-corrected chi connectivity index (χ0v) is 10.7. The van der Waals surface area contributed by atoms with Crippen molar-refractivity contribution in [3.63, 3.8) is 0 Å². The second kappa shape index (κ2) is 5.91. The third-order valence-electron chi connectivity index (χ3n) is 3.10. The maximum absolute atomic E-state index is 13.9. The summed E-state index contributed by atoms with van der Waals surface area (Å²) >= 11 is 0. The van der Waals surface area contributed by atoms with E-state index in [-0.39, 0.29) is 11.1 Å². The highest BCUT2D eigenvalue weighted by Crippen LogP contribution is 2.27. The molecule has 0 aliphatic rings. The average Bonchev–Trinajstić information content (AvgIpc) is 2.37. The summed E-state index contributed by atoms with van der Waals surface area (Å²) in [5.41, 5.74) is 0.638. The Hall–Kier alpha value is -1.77. The van der Waals surface area contributed by atoms with Crippen molar-refractivity contribution in [1.82, 2.24) is 0 Å². The molecule has 0 N–H and O–H groups in total. The number of benzene rings is 2. The highest BCUT2D eigenvalue weighted by Gasteiger charge is 2.12. The van der Waals surface area contributed by atoms with Gasteiger partial charge in [-0.3, -0.25) is 0 Å². The van der Waals surface area contributed by atoms with Gasteiger partial charge in [-0.15, -0.1) is 0 Å². The Morgan fingerprint density at radius 1 is 0.895 bits per heavy atom. The maximum Gasteiger partial charge on any atom is 0.133 e. The van der Waals surface area contributed by atoms with Crippen molar-refractivity contribution < 1.29 is 13.2 Å². The summed E-state index contributed by atoms with van der Waals surface area (Å²) in [5, 5.41) is 0. The number of rotatable bonds is 4. The van der Waals surface area contributed by atoms with Gasteiger partial charge in [-0.25, -0.2) is 13.2 Å². The van der Waals surface area contributed by atoms with E-state index in [9.17, 15) is 13.2 Å². The Morgan fingerprint density at radius 2 is 1.58 bits per heavy atom. The molecule has 2 rings (SSSR count). The van der Waals surface area contributed by atoms with Gasteiger partial charge in [-0.05, 0) is 42.2 Å². The minimum Gasteiger partial charge on any atom is -0.207 e. The van der Waals surface area contributed by atoms with Crippen LogP contribution < -0.4 is 0 Å². The smallest absolute Gasteiger partial charge is 0.133 e. The molecule has 0 aromatic heterocycles. The number of unbranched alkanes of at least 4 members (excludes halogenated alkanes) is 1. The van der Waals surface area contributed by atoms with E-state index in [4.69, 9.17) is 0 Å². The molecule has 0 bridgehead atoms. The highest BCUT2D eigenvalue weighted by molar-refractivity contribution is 5.65. The van der Waals surface area contributed by atoms with Crippen LogP contribution in [-0.4, -0.2) is 0 Å². The Labute approximate surface area is 110 Å². The molecule has 0 heterocycles. The van der Waals surface area contributed by atoms with Crippen LogP contribution in [-0.2, 0) is 6.42 Å². The minimum atomic E-state index is -0.680. The van der Waals surface area contributed by atoms with Crippen LogP contribution in [0.25, 0.3) is 11.1 Å². The van der Waals surface area contributed by atoms with Crippen molar-refractivity contribution in [3.05, 3.63) is 59.4 Å². The van der Waals surface area contributed by atoms with Crippen LogP contribution in [0, 0.1) is 17.5 Å².